The zero-order chi connectivity index (χ0) is 27.7. The van der Waals surface area contributed by atoms with E-state index in [1.54, 1.807) is 0 Å². The molecule has 0 amide bonds. The molecule has 40 heavy (non-hydrogen) atoms. The first-order valence-corrected chi connectivity index (χ1v) is 14.0. The van der Waals surface area contributed by atoms with Crippen LogP contribution in [0.5, 0.6) is 0 Å². The summed E-state index contributed by atoms with van der Waals surface area (Å²) in [6.45, 7) is 0. The van der Waals surface area contributed by atoms with E-state index in [0.29, 0.717) is 50.9 Å². The Morgan fingerprint density at radius 2 is 0.700 bits per heavy atom. The van der Waals surface area contributed by atoms with Crippen molar-refractivity contribution in [3.63, 3.8) is 0 Å². The first-order chi connectivity index (χ1) is 18.5. The normalized spacial score (nSPS) is 11.1. The molecular weight excluding hydrogens is 560 g/mol. The minimum absolute atomic E-state index is 0. The average molecular weight is 583 g/mol. The second-order valence-electron chi connectivity index (χ2n) is 8.38. The van der Waals surface area contributed by atoms with Crippen LogP contribution in [-0.4, -0.2) is 31.9 Å². The van der Waals surface area contributed by atoms with Gasteiger partial charge in [-0.15, -0.1) is 12.6 Å². The molecule has 0 saturated carbocycles. The van der Waals surface area contributed by atoms with Gasteiger partial charge in [0.05, 0.1) is 6.26 Å². The van der Waals surface area contributed by atoms with Crippen molar-refractivity contribution in [1.82, 2.24) is 0 Å². The largest absolute Gasteiger partial charge is 0.449 e. The molecule has 0 saturated heterocycles. The van der Waals surface area contributed by atoms with E-state index in [0.717, 1.165) is 21.5 Å². The van der Waals surface area contributed by atoms with Crippen molar-refractivity contribution in [1.29, 1.82) is 0 Å². The summed E-state index contributed by atoms with van der Waals surface area (Å²) in [5.41, 5.74) is 5.14. The van der Waals surface area contributed by atoms with Crippen LogP contribution in [0.2, 0.25) is 0 Å². The lowest BCUT2D eigenvalue weighted by molar-refractivity contribution is 0.490. The van der Waals surface area contributed by atoms with E-state index in [-0.39, 0.29) is 7.43 Å². The van der Waals surface area contributed by atoms with Gasteiger partial charge in [-0.1, -0.05) is 56.0 Å². The highest BCUT2D eigenvalue weighted by molar-refractivity contribution is 7.85. The molecule has 5 aromatic carbocycles. The van der Waals surface area contributed by atoms with Gasteiger partial charge in [0.25, 0.3) is 10.1 Å². The van der Waals surface area contributed by atoms with E-state index < -0.39 is 20.7 Å². The maximum absolute atomic E-state index is 9.19. The molecule has 0 bridgehead atoms. The molecule has 7 rings (SSSR count). The molecule has 7 aromatic rings. The summed E-state index contributed by atoms with van der Waals surface area (Å²) in [6, 6.07) is 27.9. The van der Waals surface area contributed by atoms with Gasteiger partial charge in [-0.05, 0) is 45.8 Å². The van der Waals surface area contributed by atoms with E-state index in [9.17, 15) is 8.42 Å². The SMILES string of the molecule is C.CS(=O)(=O)O.O=S(=O)=O.c1ccc2cc3oc4cc5oc6cc7ccccc7cc6oc5cc4oc3cc2c1. The fraction of sp³-hybridized carbons (Fsp3) is 0.0714. The zero-order valence-electron chi connectivity index (χ0n) is 20.0. The van der Waals surface area contributed by atoms with E-state index in [2.05, 4.69) is 24.3 Å². The molecule has 0 aliphatic carbocycles. The first-order valence-electron chi connectivity index (χ1n) is 11.2. The van der Waals surface area contributed by atoms with Crippen LogP contribution in [0.1, 0.15) is 7.43 Å². The lowest BCUT2D eigenvalue weighted by Gasteiger charge is -2.06. The Bertz CT molecular complexity index is 2010. The van der Waals surface area contributed by atoms with Crippen LogP contribution in [0.3, 0.4) is 0 Å². The summed E-state index contributed by atoms with van der Waals surface area (Å²) in [6.07, 6.45) is 0.715. The fourth-order valence-corrected chi connectivity index (χ4v) is 4.03. The third-order valence-corrected chi connectivity index (χ3v) is 5.51. The molecule has 1 N–H and O–H groups in total. The Kier molecular flexibility index (Phi) is 7.96. The lowest BCUT2D eigenvalue weighted by Crippen LogP contribution is -1.88. The van der Waals surface area contributed by atoms with Gasteiger partial charge in [-0.2, -0.15) is 8.42 Å². The second kappa shape index (κ2) is 11.2. The van der Waals surface area contributed by atoms with Crippen molar-refractivity contribution >= 4 is 86.9 Å². The van der Waals surface area contributed by atoms with E-state index >= 15 is 0 Å². The molecular formula is C28H22O10S2. The minimum atomic E-state index is -3.67. The van der Waals surface area contributed by atoms with Crippen LogP contribution in [0.4, 0.5) is 0 Å². The lowest BCUT2D eigenvalue weighted by atomic mass is 10.1. The molecule has 12 heteroatoms. The average Bonchev–Trinajstić information content (AvgIpc) is 2.86. The van der Waals surface area contributed by atoms with Gasteiger partial charge in [0.2, 0.25) is 0 Å². The van der Waals surface area contributed by atoms with E-state index in [1.165, 1.54) is 0 Å². The quantitative estimate of drug-likeness (QED) is 0.143. The van der Waals surface area contributed by atoms with Crippen molar-refractivity contribution in [2.24, 2.45) is 0 Å². The molecule has 2 heterocycles. The van der Waals surface area contributed by atoms with Crippen molar-refractivity contribution in [2.45, 2.75) is 7.43 Å². The van der Waals surface area contributed by atoms with Gasteiger partial charge in [-0.3, -0.25) is 4.55 Å². The van der Waals surface area contributed by atoms with Gasteiger partial charge in [-0.25, -0.2) is 0 Å². The Labute approximate surface area is 228 Å². The van der Waals surface area contributed by atoms with Gasteiger partial charge < -0.3 is 17.7 Å². The molecule has 2 aromatic heterocycles. The number of hydrogen-bond acceptors (Lipinski definition) is 9. The minimum Gasteiger partial charge on any atom is -0.449 e. The molecule has 206 valence electrons. The summed E-state index contributed by atoms with van der Waals surface area (Å²) in [5, 5.41) is 4.39. The predicted molar refractivity (Wildman–Crippen MR) is 152 cm³/mol. The third-order valence-electron chi connectivity index (χ3n) is 5.51. The molecule has 0 aliphatic heterocycles. The molecule has 0 aliphatic rings. The van der Waals surface area contributed by atoms with Crippen molar-refractivity contribution in [3.8, 4) is 0 Å². The molecule has 10 nitrogen and oxygen atoms in total. The van der Waals surface area contributed by atoms with Crippen molar-refractivity contribution in [2.75, 3.05) is 6.26 Å². The van der Waals surface area contributed by atoms with Crippen molar-refractivity contribution in [3.05, 3.63) is 84.9 Å². The number of fused-ring (bicyclic) bond motifs is 6. The zero-order valence-corrected chi connectivity index (χ0v) is 21.7. The maximum Gasteiger partial charge on any atom is 0.425 e. The highest BCUT2D eigenvalue weighted by Crippen LogP contribution is 2.33. The Morgan fingerprint density at radius 1 is 0.525 bits per heavy atom. The standard InChI is InChI=1S/C26H14O4.CH4O3S.CH4.O3S/c1-2-6-16-10-20-19(9-15(16)5-1)27-23-13-25-26(14-24(23)28-20)30-22-12-18-8-4-3-7-17(18)11-21(22)29-25;1-5(2,3)4;;1-4(2)3/h1-14H;1H3,(H,2,3,4);1H4;. The summed E-state index contributed by atoms with van der Waals surface area (Å²) in [4.78, 5) is 0. The summed E-state index contributed by atoms with van der Waals surface area (Å²) in [5.74, 6) is 0. The monoisotopic (exact) mass is 582 g/mol. The van der Waals surface area contributed by atoms with Crippen LogP contribution in [-0.2, 0) is 20.7 Å². The maximum atomic E-state index is 9.19. The molecule has 0 atom stereocenters. The molecule has 0 fully saturated rings. The fourth-order valence-electron chi connectivity index (χ4n) is 4.03. The number of rotatable bonds is 0. The predicted octanol–water partition coefficient (Wildman–Crippen LogP) is 7.24. The third kappa shape index (κ3) is 6.49. The van der Waals surface area contributed by atoms with Crippen LogP contribution in [0.25, 0.3) is 66.2 Å². The van der Waals surface area contributed by atoms with E-state index in [1.807, 2.05) is 60.7 Å². The number of benzene rings is 5. The summed E-state index contributed by atoms with van der Waals surface area (Å²) >= 11 is 0. The van der Waals surface area contributed by atoms with Crippen molar-refractivity contribution < 1.29 is 43.3 Å². The summed E-state index contributed by atoms with van der Waals surface area (Å²) < 4.78 is 75.8. The van der Waals surface area contributed by atoms with E-state index in [4.69, 9.17) is 34.8 Å². The summed E-state index contributed by atoms with van der Waals surface area (Å²) in [7, 11) is -6.78. The number of hydrogen-bond donors (Lipinski definition) is 1. The molecule has 0 spiro atoms. The van der Waals surface area contributed by atoms with Crippen LogP contribution in [0, 0.1) is 0 Å². The topological polar surface area (TPSA) is 158 Å². The van der Waals surface area contributed by atoms with Gasteiger partial charge >= 0.3 is 10.6 Å². The molecule has 0 unspecified atom stereocenters. The highest BCUT2D eigenvalue weighted by Gasteiger charge is 2.11. The second-order valence-corrected chi connectivity index (χ2v) is 10.3. The van der Waals surface area contributed by atoms with Gasteiger partial charge in [0.15, 0.2) is 44.7 Å². The Balaban J connectivity index is 0.000000327. The van der Waals surface area contributed by atoms with Gasteiger partial charge in [0.1, 0.15) is 0 Å². The molecule has 0 radical (unpaired) electrons. The first kappa shape index (κ1) is 28.4. The Hall–Kier alpha value is -4.65. The Morgan fingerprint density at radius 3 is 0.900 bits per heavy atom. The van der Waals surface area contributed by atoms with Crippen LogP contribution in [0.15, 0.2) is 103 Å². The van der Waals surface area contributed by atoms with Crippen LogP contribution < -0.4 is 0 Å². The van der Waals surface area contributed by atoms with Gasteiger partial charge in [0, 0.05) is 12.1 Å². The highest BCUT2D eigenvalue weighted by atomic mass is 32.2. The van der Waals surface area contributed by atoms with Crippen LogP contribution >= 0.6 is 0 Å². The smallest absolute Gasteiger partial charge is 0.425 e.